The number of carboxylic acids is 2. The molecule has 6 nitrogen and oxygen atoms in total. The third-order valence-corrected chi connectivity index (χ3v) is 1.83. The van der Waals surface area contributed by atoms with E-state index in [2.05, 4.69) is 4.74 Å². The van der Waals surface area contributed by atoms with Crippen LogP contribution in [0.1, 0.15) is 20.7 Å². The molecule has 0 fully saturated rings. The van der Waals surface area contributed by atoms with Crippen molar-refractivity contribution >= 4 is 19.9 Å². The van der Waals surface area contributed by atoms with Crippen LogP contribution in [0.15, 0.2) is 18.2 Å². The van der Waals surface area contributed by atoms with Crippen molar-refractivity contribution in [1.29, 1.82) is 0 Å². The summed E-state index contributed by atoms with van der Waals surface area (Å²) in [4.78, 5) is 21.6. The molecule has 1 aromatic rings. The molecule has 82 valence electrons. The Morgan fingerprint density at radius 1 is 1.19 bits per heavy atom. The van der Waals surface area contributed by atoms with Crippen molar-refractivity contribution in [3.05, 3.63) is 29.3 Å². The fourth-order valence-corrected chi connectivity index (χ4v) is 1.18. The second-order valence-electron chi connectivity index (χ2n) is 2.58. The molecule has 0 saturated heterocycles. The summed E-state index contributed by atoms with van der Waals surface area (Å²) in [7, 11) is -0.608. The van der Waals surface area contributed by atoms with Gasteiger partial charge in [-0.15, -0.1) is 0 Å². The van der Waals surface area contributed by atoms with Gasteiger partial charge in [0.15, 0.2) is 0 Å². The van der Waals surface area contributed by atoms with Crippen LogP contribution in [0.5, 0.6) is 5.75 Å². The number of ether oxygens (including phenoxy) is 1. The van der Waals surface area contributed by atoms with Crippen LogP contribution in [0.25, 0.3) is 0 Å². The molecular weight excluding hydrogens is 235 g/mol. The van der Waals surface area contributed by atoms with E-state index in [-0.39, 0.29) is 11.1 Å². The van der Waals surface area contributed by atoms with Crippen LogP contribution in [0.3, 0.4) is 0 Å². The van der Waals surface area contributed by atoms with Gasteiger partial charge in [-0.2, -0.15) is 0 Å². The van der Waals surface area contributed by atoms with Crippen LogP contribution in [0.2, 0.25) is 0 Å². The minimum absolute atomic E-state index is 0.337. The number of hydrogen-bond acceptors (Lipinski definition) is 4. The number of rotatable bonds is 3. The molecule has 0 aliphatic heterocycles. The first-order valence-electron chi connectivity index (χ1n) is 3.91. The summed E-state index contributed by atoms with van der Waals surface area (Å²) in [6, 6.07) is 3.62. The molecule has 0 aliphatic rings. The molecule has 1 rings (SSSR count). The average Bonchev–Trinajstić information content (AvgIpc) is 2.25. The number of carboxylic acid groups (broad SMARTS) is 2. The zero-order chi connectivity index (χ0) is 12.1. The molecular formula is C9H5O6P. The van der Waals surface area contributed by atoms with E-state index in [9.17, 15) is 14.2 Å². The Morgan fingerprint density at radius 3 is 2.06 bits per heavy atom. The Bertz CT molecular complexity index is 512. The van der Waals surface area contributed by atoms with Gasteiger partial charge >= 0.3 is 89.8 Å². The molecule has 0 spiro atoms. The summed E-state index contributed by atoms with van der Waals surface area (Å²) in [5.41, 5.74) is -0.674. The number of para-hydroxylation sites is 1. The maximum absolute atomic E-state index is 10.8. The molecule has 0 amide bonds. The van der Waals surface area contributed by atoms with Crippen LogP contribution in [-0.2, 0) is 4.57 Å². The van der Waals surface area contributed by atoms with Gasteiger partial charge in [-0.3, -0.25) is 0 Å². The van der Waals surface area contributed by atoms with E-state index in [4.69, 9.17) is 10.2 Å². The third-order valence-electron chi connectivity index (χ3n) is 1.66. The SMILES string of the molecule is O=P#COc1c(C(=O)O)cccc1C(=O)O. The van der Waals surface area contributed by atoms with Crippen LogP contribution in [-0.4, -0.2) is 22.2 Å². The topological polar surface area (TPSA) is 101 Å². The summed E-state index contributed by atoms with van der Waals surface area (Å²) in [5.74, 6) is -1.24. The van der Waals surface area contributed by atoms with Gasteiger partial charge in [-0.1, -0.05) is 0 Å². The van der Waals surface area contributed by atoms with E-state index in [0.717, 1.165) is 0 Å². The molecule has 0 saturated carbocycles. The second-order valence-corrected chi connectivity index (χ2v) is 2.94. The van der Waals surface area contributed by atoms with Crippen LogP contribution in [0.4, 0.5) is 0 Å². The predicted octanol–water partition coefficient (Wildman–Crippen LogP) is 1.67. The Morgan fingerprint density at radius 2 is 1.69 bits per heavy atom. The summed E-state index contributed by atoms with van der Waals surface area (Å²) in [6.07, 6.45) is 0. The molecule has 0 bridgehead atoms. The minimum atomic E-state index is -1.34. The van der Waals surface area contributed by atoms with E-state index < -0.39 is 25.6 Å². The molecule has 2 N–H and O–H groups in total. The van der Waals surface area contributed by atoms with Gasteiger partial charge in [0.1, 0.15) is 0 Å². The molecule has 1 aromatic carbocycles. The van der Waals surface area contributed by atoms with E-state index in [1.165, 1.54) is 18.2 Å². The van der Waals surface area contributed by atoms with Crippen molar-refractivity contribution < 1.29 is 29.1 Å². The molecule has 0 heterocycles. The zero-order valence-corrected chi connectivity index (χ0v) is 8.60. The predicted molar refractivity (Wildman–Crippen MR) is 52.5 cm³/mol. The second kappa shape index (κ2) is 5.16. The van der Waals surface area contributed by atoms with Gasteiger partial charge in [0.05, 0.1) is 0 Å². The van der Waals surface area contributed by atoms with Crippen LogP contribution in [0, 0.1) is 5.81 Å². The number of benzene rings is 1. The van der Waals surface area contributed by atoms with Crippen molar-refractivity contribution in [2.75, 3.05) is 0 Å². The maximum atomic E-state index is 10.8. The van der Waals surface area contributed by atoms with Gasteiger partial charge in [0.25, 0.3) is 0 Å². The molecule has 0 aliphatic carbocycles. The van der Waals surface area contributed by atoms with Crippen molar-refractivity contribution in [1.82, 2.24) is 0 Å². The number of hydrogen-bond donors (Lipinski definition) is 2. The van der Waals surface area contributed by atoms with Crippen molar-refractivity contribution in [3.63, 3.8) is 0 Å². The number of carbonyl (C=O) groups is 2. The first-order valence-corrected chi connectivity index (χ1v) is 4.73. The zero-order valence-electron chi connectivity index (χ0n) is 7.71. The summed E-state index contributed by atoms with van der Waals surface area (Å²) in [6.45, 7) is 0. The molecule has 7 heteroatoms. The van der Waals surface area contributed by atoms with E-state index in [0.29, 0.717) is 0 Å². The monoisotopic (exact) mass is 240 g/mol. The van der Waals surface area contributed by atoms with Crippen molar-refractivity contribution in [2.45, 2.75) is 0 Å². The molecule has 0 unspecified atom stereocenters. The Balaban J connectivity index is 3.43. The summed E-state index contributed by atoms with van der Waals surface area (Å²) < 4.78 is 14.7. The number of aromatic carboxylic acids is 2. The Labute approximate surface area is 90.6 Å². The first-order chi connectivity index (χ1) is 7.57. The van der Waals surface area contributed by atoms with Gasteiger partial charge in [-0.25, -0.2) is 0 Å². The third kappa shape index (κ3) is 2.51. The van der Waals surface area contributed by atoms with Gasteiger partial charge in [0.2, 0.25) is 0 Å². The molecule has 0 atom stereocenters. The van der Waals surface area contributed by atoms with E-state index in [1.807, 2.05) is 5.81 Å². The van der Waals surface area contributed by atoms with Gasteiger partial charge < -0.3 is 0 Å². The molecule has 0 aromatic heterocycles. The fraction of sp³-hybridized carbons (Fsp3) is 0. The molecule has 16 heavy (non-hydrogen) atoms. The first kappa shape index (κ1) is 12.0. The summed E-state index contributed by atoms with van der Waals surface area (Å²) in [5, 5.41) is 17.6. The standard InChI is InChI=1S/C9H5O6P/c10-8(11)5-2-1-3-6(9(12)13)7(5)15-4-16-14/h1-3H,(H,10,11)(H,12,13). The van der Waals surface area contributed by atoms with Crippen molar-refractivity contribution in [3.8, 4) is 11.6 Å². The van der Waals surface area contributed by atoms with Crippen molar-refractivity contribution in [2.24, 2.45) is 0 Å². The van der Waals surface area contributed by atoms with Gasteiger partial charge in [0, 0.05) is 0 Å². The summed E-state index contributed by atoms with van der Waals surface area (Å²) >= 11 is 0. The van der Waals surface area contributed by atoms with E-state index >= 15 is 0 Å². The fourth-order valence-electron chi connectivity index (χ4n) is 1.05. The molecule has 0 radical (unpaired) electrons. The normalized spacial score (nSPS) is 9.00. The Kier molecular flexibility index (Phi) is 3.89. The van der Waals surface area contributed by atoms with Crippen LogP contribution >= 0.6 is 7.92 Å². The Hall–Kier alpha value is -2.03. The van der Waals surface area contributed by atoms with Gasteiger partial charge in [-0.05, 0) is 0 Å². The average molecular weight is 240 g/mol. The van der Waals surface area contributed by atoms with Crippen LogP contribution < -0.4 is 4.74 Å². The van der Waals surface area contributed by atoms with E-state index in [1.54, 1.807) is 0 Å². The quantitative estimate of drug-likeness (QED) is 0.779.